The second kappa shape index (κ2) is 7.59. The maximum absolute atomic E-state index is 11.9. The van der Waals surface area contributed by atoms with Crippen LogP contribution in [0.25, 0.3) is 0 Å². The van der Waals surface area contributed by atoms with Crippen LogP contribution >= 0.6 is 11.8 Å². The molecule has 1 aromatic carbocycles. The number of thioether (sulfide) groups is 1. The average Bonchev–Trinajstić information content (AvgIpc) is 2.29. The van der Waals surface area contributed by atoms with E-state index < -0.39 is 0 Å². The number of hydrogen-bond acceptors (Lipinski definition) is 3. The Morgan fingerprint density at radius 3 is 2.33 bits per heavy atom. The number of carbonyl (C=O) groups is 1. The molecule has 0 spiro atoms. The number of unbranched alkanes of at least 4 members (excludes halogenated alkanes) is 1. The summed E-state index contributed by atoms with van der Waals surface area (Å²) in [5.74, 6) is 0. The smallest absolute Gasteiger partial charge is 0.193 e. The molecule has 0 atom stereocenters. The van der Waals surface area contributed by atoms with Gasteiger partial charge in [-0.2, -0.15) is 0 Å². The van der Waals surface area contributed by atoms with Crippen molar-refractivity contribution in [2.45, 2.75) is 38.0 Å². The van der Waals surface area contributed by atoms with Crippen LogP contribution in [-0.4, -0.2) is 30.7 Å². The van der Waals surface area contributed by atoms with E-state index in [9.17, 15) is 4.79 Å². The fourth-order valence-corrected chi connectivity index (χ4v) is 2.75. The largest absolute Gasteiger partial charge is 0.309 e. The predicted octanol–water partition coefficient (Wildman–Crippen LogP) is 3.65. The lowest BCUT2D eigenvalue weighted by Crippen LogP contribution is -2.12. The van der Waals surface area contributed by atoms with Gasteiger partial charge in [0.25, 0.3) is 0 Å². The first-order chi connectivity index (χ1) is 8.50. The van der Waals surface area contributed by atoms with Crippen molar-refractivity contribution in [3.63, 3.8) is 0 Å². The van der Waals surface area contributed by atoms with E-state index in [1.165, 1.54) is 22.9 Å². The number of rotatable bonds is 6. The van der Waals surface area contributed by atoms with Gasteiger partial charge in [0.1, 0.15) is 0 Å². The molecule has 1 aromatic rings. The van der Waals surface area contributed by atoms with Crippen molar-refractivity contribution in [3.8, 4) is 0 Å². The molecule has 0 aliphatic carbocycles. The third-order valence-electron chi connectivity index (χ3n) is 2.86. The van der Waals surface area contributed by atoms with E-state index in [4.69, 9.17) is 0 Å². The number of carbonyl (C=O) groups excluding carboxylic acids is 1. The highest BCUT2D eigenvalue weighted by Crippen LogP contribution is 2.28. The van der Waals surface area contributed by atoms with Crippen LogP contribution in [0, 0.1) is 13.8 Å². The van der Waals surface area contributed by atoms with Crippen LogP contribution in [0.3, 0.4) is 0 Å². The minimum absolute atomic E-state index is 0.283. The summed E-state index contributed by atoms with van der Waals surface area (Å²) in [7, 11) is 4.13. The van der Waals surface area contributed by atoms with Gasteiger partial charge in [0.05, 0.1) is 0 Å². The highest BCUT2D eigenvalue weighted by Gasteiger charge is 2.09. The van der Waals surface area contributed by atoms with Crippen LogP contribution in [-0.2, 0) is 4.79 Å². The molecule has 0 radical (unpaired) electrons. The SMILES string of the molecule is Cc1cccc(C)c1SC(=O)CCCCN(C)C. The molecular weight excluding hydrogens is 242 g/mol. The van der Waals surface area contributed by atoms with Crippen molar-refractivity contribution in [3.05, 3.63) is 29.3 Å². The van der Waals surface area contributed by atoms with Crippen LogP contribution in [0.1, 0.15) is 30.4 Å². The van der Waals surface area contributed by atoms with Gasteiger partial charge in [-0.15, -0.1) is 0 Å². The van der Waals surface area contributed by atoms with Crippen LogP contribution in [0.2, 0.25) is 0 Å². The molecule has 0 saturated heterocycles. The zero-order valence-corrected chi connectivity index (χ0v) is 12.6. The molecule has 0 aliphatic rings. The van der Waals surface area contributed by atoms with E-state index in [0.717, 1.165) is 24.3 Å². The van der Waals surface area contributed by atoms with E-state index in [0.29, 0.717) is 6.42 Å². The van der Waals surface area contributed by atoms with Gasteiger partial charge in [-0.05, 0) is 58.5 Å². The summed E-state index contributed by atoms with van der Waals surface area (Å²) in [6, 6.07) is 6.17. The van der Waals surface area contributed by atoms with E-state index >= 15 is 0 Å². The van der Waals surface area contributed by atoms with Gasteiger partial charge in [-0.25, -0.2) is 0 Å². The van der Waals surface area contributed by atoms with Gasteiger partial charge < -0.3 is 4.90 Å². The topological polar surface area (TPSA) is 20.3 Å². The van der Waals surface area contributed by atoms with Gasteiger partial charge in [0.15, 0.2) is 5.12 Å². The molecule has 0 unspecified atom stereocenters. The molecule has 0 saturated carbocycles. The van der Waals surface area contributed by atoms with Crippen LogP contribution < -0.4 is 0 Å². The molecule has 0 heterocycles. The highest BCUT2D eigenvalue weighted by molar-refractivity contribution is 8.13. The Kier molecular flexibility index (Phi) is 6.44. The first-order valence-electron chi connectivity index (χ1n) is 6.42. The standard InChI is InChI=1S/C15H23NOS/c1-12-8-7-9-13(2)15(12)18-14(17)10-5-6-11-16(3)4/h7-9H,5-6,10-11H2,1-4H3. The van der Waals surface area contributed by atoms with Gasteiger partial charge in [-0.1, -0.05) is 30.0 Å². The van der Waals surface area contributed by atoms with Gasteiger partial charge in [0, 0.05) is 11.3 Å². The minimum Gasteiger partial charge on any atom is -0.309 e. The lowest BCUT2D eigenvalue weighted by Gasteiger charge is -2.09. The quantitative estimate of drug-likeness (QED) is 0.578. The maximum atomic E-state index is 11.9. The molecular formula is C15H23NOS. The van der Waals surface area contributed by atoms with E-state index in [2.05, 4.69) is 45.0 Å². The average molecular weight is 265 g/mol. The molecule has 0 aromatic heterocycles. The van der Waals surface area contributed by atoms with Gasteiger partial charge >= 0.3 is 0 Å². The fraction of sp³-hybridized carbons (Fsp3) is 0.533. The van der Waals surface area contributed by atoms with Crippen LogP contribution in [0.15, 0.2) is 23.1 Å². The Balaban J connectivity index is 2.40. The third-order valence-corrected chi connectivity index (χ3v) is 4.14. The normalized spacial score (nSPS) is 10.9. The van der Waals surface area contributed by atoms with Crippen molar-refractivity contribution in [2.75, 3.05) is 20.6 Å². The van der Waals surface area contributed by atoms with Crippen molar-refractivity contribution in [1.29, 1.82) is 0 Å². The molecule has 0 fully saturated rings. The lowest BCUT2D eigenvalue weighted by atomic mass is 10.2. The fourth-order valence-electron chi connectivity index (χ4n) is 1.82. The monoisotopic (exact) mass is 265 g/mol. The van der Waals surface area contributed by atoms with Gasteiger partial charge in [-0.3, -0.25) is 4.79 Å². The summed E-state index contributed by atoms with van der Waals surface area (Å²) in [5, 5.41) is 0.283. The minimum atomic E-state index is 0.283. The second-order valence-corrected chi connectivity index (χ2v) is 6.02. The van der Waals surface area contributed by atoms with E-state index in [-0.39, 0.29) is 5.12 Å². The Labute approximate surface area is 115 Å². The number of hydrogen-bond donors (Lipinski definition) is 0. The Bertz CT molecular complexity index is 381. The molecule has 3 heteroatoms. The van der Waals surface area contributed by atoms with Crippen molar-refractivity contribution in [2.24, 2.45) is 0 Å². The van der Waals surface area contributed by atoms with Gasteiger partial charge in [0.2, 0.25) is 0 Å². The van der Waals surface area contributed by atoms with E-state index in [1.54, 1.807) is 0 Å². The maximum Gasteiger partial charge on any atom is 0.193 e. The summed E-state index contributed by atoms with van der Waals surface area (Å²) in [6.45, 7) is 5.19. The Morgan fingerprint density at radius 2 is 1.78 bits per heavy atom. The number of aryl methyl sites for hydroxylation is 2. The summed E-state index contributed by atoms with van der Waals surface area (Å²) in [6.07, 6.45) is 2.74. The first kappa shape index (κ1) is 15.3. The predicted molar refractivity (Wildman–Crippen MR) is 79.2 cm³/mol. The molecule has 0 aliphatic heterocycles. The Hall–Kier alpha value is -0.800. The zero-order valence-electron chi connectivity index (χ0n) is 11.8. The summed E-state index contributed by atoms with van der Waals surface area (Å²) >= 11 is 1.40. The molecule has 0 N–H and O–H groups in total. The third kappa shape index (κ3) is 5.23. The van der Waals surface area contributed by atoms with Crippen molar-refractivity contribution >= 4 is 16.9 Å². The van der Waals surface area contributed by atoms with E-state index in [1.807, 2.05) is 6.07 Å². The molecule has 0 bridgehead atoms. The first-order valence-corrected chi connectivity index (χ1v) is 7.24. The molecule has 100 valence electrons. The number of nitrogens with zero attached hydrogens (tertiary/aromatic N) is 1. The molecule has 18 heavy (non-hydrogen) atoms. The molecule has 1 rings (SSSR count). The number of benzene rings is 1. The van der Waals surface area contributed by atoms with Crippen molar-refractivity contribution < 1.29 is 4.79 Å². The lowest BCUT2D eigenvalue weighted by molar-refractivity contribution is -0.111. The van der Waals surface area contributed by atoms with Crippen molar-refractivity contribution in [1.82, 2.24) is 4.90 Å². The second-order valence-electron chi connectivity index (χ2n) is 4.96. The molecule has 0 amide bonds. The van der Waals surface area contributed by atoms with Crippen LogP contribution in [0.5, 0.6) is 0 Å². The summed E-state index contributed by atoms with van der Waals surface area (Å²) in [5.41, 5.74) is 2.39. The highest BCUT2D eigenvalue weighted by atomic mass is 32.2. The summed E-state index contributed by atoms with van der Waals surface area (Å²) in [4.78, 5) is 15.2. The Morgan fingerprint density at radius 1 is 1.17 bits per heavy atom. The molecule has 2 nitrogen and oxygen atoms in total. The zero-order chi connectivity index (χ0) is 13.5. The van der Waals surface area contributed by atoms with Crippen LogP contribution in [0.4, 0.5) is 0 Å². The summed E-state index contributed by atoms with van der Waals surface area (Å²) < 4.78 is 0.